The Morgan fingerprint density at radius 3 is 2.40 bits per heavy atom. The molecule has 0 spiro atoms. The zero-order valence-corrected chi connectivity index (χ0v) is 14.6. The first-order valence-electron chi connectivity index (χ1n) is 8.01. The SMILES string of the molecule is COC(=O)/C=C(/Nc1cccc(C(=O)N2CCCC2)c1C)C(=O)OC. The Labute approximate surface area is 146 Å². The second kappa shape index (κ2) is 8.32. The molecule has 0 saturated carbocycles. The summed E-state index contributed by atoms with van der Waals surface area (Å²) in [4.78, 5) is 37.8. The molecule has 0 bridgehead atoms. The number of rotatable bonds is 5. The highest BCUT2D eigenvalue weighted by atomic mass is 16.5. The number of hydrogen-bond donors (Lipinski definition) is 1. The molecule has 1 amide bonds. The number of benzene rings is 1. The fourth-order valence-electron chi connectivity index (χ4n) is 2.67. The zero-order valence-electron chi connectivity index (χ0n) is 14.6. The highest BCUT2D eigenvalue weighted by molar-refractivity contribution is 6.00. The molecule has 0 aromatic heterocycles. The van der Waals surface area contributed by atoms with Gasteiger partial charge in [-0.25, -0.2) is 9.59 Å². The molecule has 0 unspecified atom stereocenters. The van der Waals surface area contributed by atoms with Gasteiger partial charge in [0.25, 0.3) is 5.91 Å². The Morgan fingerprint density at radius 2 is 1.80 bits per heavy atom. The molecule has 134 valence electrons. The summed E-state index contributed by atoms with van der Waals surface area (Å²) in [5.41, 5.74) is 1.74. The minimum absolute atomic E-state index is 0.0322. The number of nitrogens with one attached hydrogen (secondary N) is 1. The highest BCUT2D eigenvalue weighted by Crippen LogP contribution is 2.23. The second-order valence-corrected chi connectivity index (χ2v) is 5.68. The smallest absolute Gasteiger partial charge is 0.354 e. The van der Waals surface area contributed by atoms with Crippen LogP contribution >= 0.6 is 0 Å². The Balaban J connectivity index is 2.30. The molecule has 0 radical (unpaired) electrons. The van der Waals surface area contributed by atoms with Gasteiger partial charge >= 0.3 is 11.9 Å². The van der Waals surface area contributed by atoms with Crippen LogP contribution in [0.25, 0.3) is 0 Å². The molecule has 7 heteroatoms. The average Bonchev–Trinajstić information content (AvgIpc) is 3.16. The fraction of sp³-hybridized carbons (Fsp3) is 0.389. The number of nitrogens with zero attached hydrogens (tertiary/aromatic N) is 1. The Kier molecular flexibility index (Phi) is 6.16. The van der Waals surface area contributed by atoms with Crippen LogP contribution in [-0.4, -0.2) is 50.1 Å². The van der Waals surface area contributed by atoms with Gasteiger partial charge < -0.3 is 19.7 Å². The van der Waals surface area contributed by atoms with Crippen LogP contribution in [0.15, 0.2) is 30.0 Å². The third kappa shape index (κ3) is 4.37. The number of methoxy groups -OCH3 is 2. The molecule has 25 heavy (non-hydrogen) atoms. The second-order valence-electron chi connectivity index (χ2n) is 5.68. The Bertz CT molecular complexity index is 705. The molecule has 1 saturated heterocycles. The van der Waals surface area contributed by atoms with Gasteiger partial charge in [0.15, 0.2) is 0 Å². The van der Waals surface area contributed by atoms with Crippen molar-refractivity contribution in [2.45, 2.75) is 19.8 Å². The van der Waals surface area contributed by atoms with E-state index < -0.39 is 11.9 Å². The summed E-state index contributed by atoms with van der Waals surface area (Å²) in [5.74, 6) is -1.42. The van der Waals surface area contributed by atoms with Crippen LogP contribution in [0.5, 0.6) is 0 Å². The number of hydrogen-bond acceptors (Lipinski definition) is 6. The average molecular weight is 346 g/mol. The van der Waals surface area contributed by atoms with Crippen molar-refractivity contribution in [1.29, 1.82) is 0 Å². The van der Waals surface area contributed by atoms with Crippen molar-refractivity contribution in [2.75, 3.05) is 32.6 Å². The Hall–Kier alpha value is -2.83. The van der Waals surface area contributed by atoms with Crippen molar-refractivity contribution in [3.8, 4) is 0 Å². The van der Waals surface area contributed by atoms with E-state index in [9.17, 15) is 14.4 Å². The topological polar surface area (TPSA) is 84.9 Å². The highest BCUT2D eigenvalue weighted by Gasteiger charge is 2.22. The maximum Gasteiger partial charge on any atom is 0.354 e. The van der Waals surface area contributed by atoms with Crippen LogP contribution in [0.3, 0.4) is 0 Å². The van der Waals surface area contributed by atoms with Crippen molar-refractivity contribution in [3.05, 3.63) is 41.1 Å². The van der Waals surface area contributed by atoms with Crippen molar-refractivity contribution >= 4 is 23.5 Å². The van der Waals surface area contributed by atoms with Gasteiger partial charge in [-0.3, -0.25) is 4.79 Å². The molecule has 7 nitrogen and oxygen atoms in total. The lowest BCUT2D eigenvalue weighted by molar-refractivity contribution is -0.138. The lowest BCUT2D eigenvalue weighted by Gasteiger charge is -2.19. The maximum absolute atomic E-state index is 12.6. The van der Waals surface area contributed by atoms with Gasteiger partial charge in [-0.15, -0.1) is 0 Å². The molecule has 0 aliphatic carbocycles. The fourth-order valence-corrected chi connectivity index (χ4v) is 2.67. The van der Waals surface area contributed by atoms with E-state index in [2.05, 4.69) is 14.8 Å². The van der Waals surface area contributed by atoms with Crippen LogP contribution in [0.1, 0.15) is 28.8 Å². The molecule has 1 aromatic carbocycles. The van der Waals surface area contributed by atoms with Crippen LogP contribution in [0.4, 0.5) is 5.69 Å². The minimum Gasteiger partial charge on any atom is -0.466 e. The third-order valence-electron chi connectivity index (χ3n) is 4.10. The van der Waals surface area contributed by atoms with Gasteiger partial charge in [0, 0.05) is 24.3 Å². The van der Waals surface area contributed by atoms with E-state index in [1.165, 1.54) is 14.2 Å². The van der Waals surface area contributed by atoms with E-state index in [0.29, 0.717) is 16.8 Å². The van der Waals surface area contributed by atoms with Gasteiger partial charge in [0.1, 0.15) is 5.70 Å². The largest absolute Gasteiger partial charge is 0.466 e. The normalized spacial score (nSPS) is 14.2. The lowest BCUT2D eigenvalue weighted by Crippen LogP contribution is -2.28. The molecule has 1 aliphatic heterocycles. The molecule has 0 atom stereocenters. The third-order valence-corrected chi connectivity index (χ3v) is 4.10. The van der Waals surface area contributed by atoms with E-state index in [4.69, 9.17) is 0 Å². The minimum atomic E-state index is -0.707. The standard InChI is InChI=1S/C18H22N2O5/c1-12-13(17(22)20-9-4-5-10-20)7-6-8-14(12)19-15(18(23)25-3)11-16(21)24-2/h6-8,11,19H,4-5,9-10H2,1-3H3/b15-11+. The van der Waals surface area contributed by atoms with Crippen molar-refractivity contribution in [1.82, 2.24) is 4.90 Å². The van der Waals surface area contributed by atoms with Gasteiger partial charge in [0.05, 0.1) is 20.3 Å². The molecule has 1 N–H and O–H groups in total. The number of esters is 2. The molecular formula is C18H22N2O5. The number of anilines is 1. The first kappa shape index (κ1) is 18.5. The maximum atomic E-state index is 12.6. The van der Waals surface area contributed by atoms with E-state index >= 15 is 0 Å². The number of likely N-dealkylation sites (tertiary alicyclic amines) is 1. The number of carbonyl (C=O) groups excluding carboxylic acids is 3. The van der Waals surface area contributed by atoms with Gasteiger partial charge in [-0.05, 0) is 37.5 Å². The summed E-state index contributed by atoms with van der Waals surface area (Å²) in [6.07, 6.45) is 3.04. The number of amides is 1. The zero-order chi connectivity index (χ0) is 18.4. The van der Waals surface area contributed by atoms with Crippen LogP contribution in [-0.2, 0) is 19.1 Å². The van der Waals surface area contributed by atoms with Crippen LogP contribution in [0.2, 0.25) is 0 Å². The first-order valence-corrected chi connectivity index (χ1v) is 8.01. The Morgan fingerprint density at radius 1 is 1.12 bits per heavy atom. The van der Waals surface area contributed by atoms with E-state index in [1.54, 1.807) is 25.1 Å². The van der Waals surface area contributed by atoms with Gasteiger partial charge in [-0.1, -0.05) is 6.07 Å². The predicted molar refractivity (Wildman–Crippen MR) is 92.1 cm³/mol. The first-order chi connectivity index (χ1) is 12.0. The summed E-state index contributed by atoms with van der Waals surface area (Å²) in [6, 6.07) is 5.21. The number of carbonyl (C=O) groups is 3. The monoisotopic (exact) mass is 346 g/mol. The van der Waals surface area contributed by atoms with E-state index in [1.807, 2.05) is 4.90 Å². The molecular weight excluding hydrogens is 324 g/mol. The summed E-state index contributed by atoms with van der Waals surface area (Å²) >= 11 is 0. The molecule has 1 fully saturated rings. The van der Waals surface area contributed by atoms with Gasteiger partial charge in [-0.2, -0.15) is 0 Å². The summed E-state index contributed by atoms with van der Waals surface area (Å²) in [7, 11) is 2.43. The van der Waals surface area contributed by atoms with Crippen molar-refractivity contribution in [2.24, 2.45) is 0 Å². The van der Waals surface area contributed by atoms with Crippen molar-refractivity contribution in [3.63, 3.8) is 0 Å². The van der Waals surface area contributed by atoms with Crippen LogP contribution in [0, 0.1) is 6.92 Å². The molecule has 1 aromatic rings. The number of ether oxygens (including phenoxy) is 2. The van der Waals surface area contributed by atoms with E-state index in [0.717, 1.165) is 32.0 Å². The lowest BCUT2D eigenvalue weighted by atomic mass is 10.1. The summed E-state index contributed by atoms with van der Waals surface area (Å²) in [5, 5.41) is 2.86. The molecule has 2 rings (SSSR count). The summed E-state index contributed by atoms with van der Waals surface area (Å²) in [6.45, 7) is 3.30. The quantitative estimate of drug-likeness (QED) is 0.647. The van der Waals surface area contributed by atoms with Gasteiger partial charge in [0.2, 0.25) is 0 Å². The van der Waals surface area contributed by atoms with Crippen molar-refractivity contribution < 1.29 is 23.9 Å². The molecule has 1 aliphatic rings. The predicted octanol–water partition coefficient (Wildman–Crippen LogP) is 1.87. The summed E-state index contributed by atoms with van der Waals surface area (Å²) < 4.78 is 9.23. The molecule has 1 heterocycles. The van der Waals surface area contributed by atoms with Crippen LogP contribution < -0.4 is 5.32 Å². The van der Waals surface area contributed by atoms with E-state index in [-0.39, 0.29) is 11.6 Å².